The summed E-state index contributed by atoms with van der Waals surface area (Å²) in [5.41, 5.74) is 1.07. The largest absolute Gasteiger partial charge is 0.299 e. The van der Waals surface area contributed by atoms with Gasteiger partial charge in [0, 0.05) is 32.0 Å². The van der Waals surface area contributed by atoms with Crippen LogP contribution in [0.1, 0.15) is 32.3 Å². The molecule has 2 rings (SSSR count). The van der Waals surface area contributed by atoms with E-state index in [1.807, 2.05) is 6.07 Å². The third-order valence-electron chi connectivity index (χ3n) is 4.05. The van der Waals surface area contributed by atoms with Crippen LogP contribution in [0.3, 0.4) is 0 Å². The molecule has 0 aromatic carbocycles. The molecular formula is C15H24ClN3O2S. The maximum atomic E-state index is 11.8. The van der Waals surface area contributed by atoms with E-state index >= 15 is 0 Å². The van der Waals surface area contributed by atoms with Crippen molar-refractivity contribution in [3.05, 3.63) is 29.0 Å². The smallest absolute Gasteiger partial charge is 0.213 e. The van der Waals surface area contributed by atoms with Crippen LogP contribution in [0.25, 0.3) is 0 Å². The topological polar surface area (TPSA) is 62.3 Å². The molecule has 0 bridgehead atoms. The summed E-state index contributed by atoms with van der Waals surface area (Å²) < 4.78 is 26.4. The van der Waals surface area contributed by atoms with Gasteiger partial charge in [-0.25, -0.2) is 13.1 Å². The van der Waals surface area contributed by atoms with Crippen molar-refractivity contribution in [2.75, 3.05) is 19.6 Å². The Morgan fingerprint density at radius 1 is 1.50 bits per heavy atom. The van der Waals surface area contributed by atoms with Crippen molar-refractivity contribution in [1.82, 2.24) is 14.6 Å². The van der Waals surface area contributed by atoms with Crippen molar-refractivity contribution in [1.29, 1.82) is 0 Å². The maximum Gasteiger partial charge on any atom is 0.213 e. The Balaban J connectivity index is 1.88. The second kappa shape index (κ2) is 7.73. The van der Waals surface area contributed by atoms with Crippen LogP contribution in [0.5, 0.6) is 0 Å². The molecule has 0 saturated carbocycles. The lowest BCUT2D eigenvalue weighted by molar-refractivity contribution is 0.169. The summed E-state index contributed by atoms with van der Waals surface area (Å²) in [6, 6.07) is 1.94. The summed E-state index contributed by atoms with van der Waals surface area (Å²) in [4.78, 5) is 6.33. The van der Waals surface area contributed by atoms with E-state index in [4.69, 9.17) is 11.6 Å². The fourth-order valence-corrected chi connectivity index (χ4v) is 3.62. The van der Waals surface area contributed by atoms with Gasteiger partial charge in [-0.1, -0.05) is 11.6 Å². The normalized spacial score (nSPS) is 20.5. The molecule has 0 radical (unpaired) electrons. The van der Waals surface area contributed by atoms with E-state index in [1.165, 1.54) is 0 Å². The molecule has 1 unspecified atom stereocenters. The SMILES string of the molecule is CC(C)S(=O)(=O)NCC1CCCN(Cc2ccncc2Cl)C1. The highest BCUT2D eigenvalue weighted by molar-refractivity contribution is 7.90. The second-order valence-electron chi connectivity index (χ2n) is 6.15. The first-order valence-corrected chi connectivity index (χ1v) is 9.60. The highest BCUT2D eigenvalue weighted by Gasteiger charge is 2.23. The van der Waals surface area contributed by atoms with Gasteiger partial charge in [0.1, 0.15) is 0 Å². The standard InChI is InChI=1S/C15H24ClN3O2S/c1-12(2)22(20,21)18-8-13-4-3-7-19(10-13)11-14-5-6-17-9-15(14)16/h5-6,9,12-13,18H,3-4,7-8,10-11H2,1-2H3. The summed E-state index contributed by atoms with van der Waals surface area (Å²) in [7, 11) is -3.18. The zero-order chi connectivity index (χ0) is 16.2. The van der Waals surface area contributed by atoms with Crippen molar-refractivity contribution in [3.8, 4) is 0 Å². The van der Waals surface area contributed by atoms with Crippen LogP contribution in [0.2, 0.25) is 5.02 Å². The first-order chi connectivity index (χ1) is 10.4. The lowest BCUT2D eigenvalue weighted by Gasteiger charge is -2.33. The van der Waals surface area contributed by atoms with Crippen LogP contribution < -0.4 is 4.72 Å². The van der Waals surface area contributed by atoms with Gasteiger partial charge >= 0.3 is 0 Å². The molecule has 1 aliphatic rings. The number of nitrogens with one attached hydrogen (secondary N) is 1. The minimum atomic E-state index is -3.18. The molecule has 1 aromatic heterocycles. The van der Waals surface area contributed by atoms with Gasteiger partial charge in [-0.2, -0.15) is 0 Å². The predicted octanol–water partition coefficient (Wildman–Crippen LogP) is 2.27. The molecule has 124 valence electrons. The second-order valence-corrected chi connectivity index (χ2v) is 8.88. The minimum absolute atomic E-state index is 0.350. The lowest BCUT2D eigenvalue weighted by atomic mass is 9.98. The Kier molecular flexibility index (Phi) is 6.20. The van der Waals surface area contributed by atoms with Crippen molar-refractivity contribution in [2.24, 2.45) is 5.92 Å². The number of hydrogen-bond acceptors (Lipinski definition) is 4. The Morgan fingerprint density at radius 2 is 2.27 bits per heavy atom. The molecule has 2 heterocycles. The van der Waals surface area contributed by atoms with Gasteiger partial charge in [0.15, 0.2) is 0 Å². The van der Waals surface area contributed by atoms with Crippen LogP contribution in [0, 0.1) is 5.92 Å². The van der Waals surface area contributed by atoms with Crippen LogP contribution in [-0.2, 0) is 16.6 Å². The zero-order valence-corrected chi connectivity index (χ0v) is 14.7. The van der Waals surface area contributed by atoms with Crippen LogP contribution in [0.15, 0.2) is 18.5 Å². The van der Waals surface area contributed by atoms with Gasteiger partial charge in [-0.05, 0) is 50.8 Å². The number of sulfonamides is 1. The van der Waals surface area contributed by atoms with E-state index in [9.17, 15) is 8.42 Å². The highest BCUT2D eigenvalue weighted by Crippen LogP contribution is 2.21. The number of likely N-dealkylation sites (tertiary alicyclic amines) is 1. The number of hydrogen-bond donors (Lipinski definition) is 1. The number of aromatic nitrogens is 1. The Bertz CT molecular complexity index is 592. The van der Waals surface area contributed by atoms with Gasteiger partial charge < -0.3 is 0 Å². The first-order valence-electron chi connectivity index (χ1n) is 7.67. The average Bonchev–Trinajstić information content (AvgIpc) is 2.48. The molecule has 22 heavy (non-hydrogen) atoms. The van der Waals surface area contributed by atoms with Crippen LogP contribution in [-0.4, -0.2) is 43.2 Å². The van der Waals surface area contributed by atoms with Gasteiger partial charge in [0.2, 0.25) is 10.0 Å². The molecule has 1 aliphatic heterocycles. The summed E-state index contributed by atoms with van der Waals surface area (Å²) in [6.45, 7) is 6.60. The van der Waals surface area contributed by atoms with E-state index in [2.05, 4.69) is 14.6 Å². The van der Waals surface area contributed by atoms with Crippen molar-refractivity contribution < 1.29 is 8.42 Å². The quantitative estimate of drug-likeness (QED) is 0.859. The molecule has 1 saturated heterocycles. The summed E-state index contributed by atoms with van der Waals surface area (Å²) in [5, 5.41) is 0.299. The summed E-state index contributed by atoms with van der Waals surface area (Å²) in [6.07, 6.45) is 5.55. The van der Waals surface area contributed by atoms with Gasteiger partial charge in [0.25, 0.3) is 0 Å². The predicted molar refractivity (Wildman–Crippen MR) is 89.3 cm³/mol. The third-order valence-corrected chi connectivity index (χ3v) is 6.20. The molecule has 1 N–H and O–H groups in total. The monoisotopic (exact) mass is 345 g/mol. The molecule has 0 amide bonds. The first kappa shape index (κ1) is 17.7. The molecule has 1 fully saturated rings. The van der Waals surface area contributed by atoms with E-state index in [0.717, 1.165) is 38.0 Å². The number of pyridine rings is 1. The molecule has 1 aromatic rings. The molecule has 5 nitrogen and oxygen atoms in total. The van der Waals surface area contributed by atoms with E-state index in [1.54, 1.807) is 26.2 Å². The molecule has 7 heteroatoms. The highest BCUT2D eigenvalue weighted by atomic mass is 35.5. The van der Waals surface area contributed by atoms with Crippen molar-refractivity contribution in [2.45, 2.75) is 38.5 Å². The van der Waals surface area contributed by atoms with Gasteiger partial charge in [-0.15, -0.1) is 0 Å². The Hall–Kier alpha value is -0.690. The average molecular weight is 346 g/mol. The van der Waals surface area contributed by atoms with Gasteiger partial charge in [-0.3, -0.25) is 9.88 Å². The Morgan fingerprint density at radius 3 is 2.95 bits per heavy atom. The fourth-order valence-electron chi connectivity index (χ4n) is 2.64. The van der Waals surface area contributed by atoms with Crippen LogP contribution in [0.4, 0.5) is 0 Å². The van der Waals surface area contributed by atoms with Crippen LogP contribution >= 0.6 is 11.6 Å². The molecule has 0 spiro atoms. The summed E-state index contributed by atoms with van der Waals surface area (Å²) in [5.74, 6) is 0.350. The third kappa shape index (κ3) is 4.91. The summed E-state index contributed by atoms with van der Waals surface area (Å²) >= 11 is 6.15. The van der Waals surface area contributed by atoms with E-state index in [-0.39, 0.29) is 5.25 Å². The zero-order valence-electron chi connectivity index (χ0n) is 13.1. The van der Waals surface area contributed by atoms with E-state index < -0.39 is 10.0 Å². The number of nitrogens with zero attached hydrogens (tertiary/aromatic N) is 2. The number of rotatable bonds is 6. The number of piperidine rings is 1. The van der Waals surface area contributed by atoms with Crippen molar-refractivity contribution in [3.63, 3.8) is 0 Å². The minimum Gasteiger partial charge on any atom is -0.299 e. The maximum absolute atomic E-state index is 11.8. The Labute approximate surface area is 138 Å². The van der Waals surface area contributed by atoms with E-state index in [0.29, 0.717) is 17.5 Å². The van der Waals surface area contributed by atoms with Crippen molar-refractivity contribution >= 4 is 21.6 Å². The molecule has 0 aliphatic carbocycles. The molecule has 1 atom stereocenters. The van der Waals surface area contributed by atoms with Gasteiger partial charge in [0.05, 0.1) is 10.3 Å². The lowest BCUT2D eigenvalue weighted by Crippen LogP contribution is -2.42. The fraction of sp³-hybridized carbons (Fsp3) is 0.667. The number of halogens is 1. The molecular weight excluding hydrogens is 322 g/mol.